The molecule has 7 heteroatoms. The molecule has 0 saturated heterocycles. The number of aliphatic hydroxyl groups is 1. The summed E-state index contributed by atoms with van der Waals surface area (Å²) in [4.78, 5) is 0.716. The van der Waals surface area contributed by atoms with Gasteiger partial charge in [-0.15, -0.1) is 11.3 Å². The van der Waals surface area contributed by atoms with Crippen LogP contribution in [-0.2, 0) is 16.6 Å². The largest absolute Gasteiger partial charge is 0.391 e. The van der Waals surface area contributed by atoms with Crippen LogP contribution in [0.1, 0.15) is 18.2 Å². The molecule has 2 rings (SSSR count). The Bertz CT molecular complexity index is 709. The highest BCUT2D eigenvalue weighted by Crippen LogP contribution is 2.34. The van der Waals surface area contributed by atoms with Gasteiger partial charge in [0.25, 0.3) is 0 Å². The number of hydrogen-bond acceptors (Lipinski definition) is 5. The molecule has 2 aromatic rings. The lowest BCUT2D eigenvalue weighted by molar-refractivity contribution is 0.282. The molecule has 1 aromatic carbocycles. The first-order valence-electron chi connectivity index (χ1n) is 6.66. The smallest absolute Gasteiger partial charge is 0.242 e. The lowest BCUT2D eigenvalue weighted by atomic mass is 10.2. The molecule has 0 spiro atoms. The maximum atomic E-state index is 12.7. The van der Waals surface area contributed by atoms with Gasteiger partial charge in [-0.25, -0.2) is 13.1 Å². The van der Waals surface area contributed by atoms with E-state index >= 15 is 0 Å². The van der Waals surface area contributed by atoms with Gasteiger partial charge in [-0.1, -0.05) is 25.1 Å². The van der Waals surface area contributed by atoms with Gasteiger partial charge in [-0.2, -0.15) is 11.8 Å². The number of hydrogen-bond donors (Lipinski definition) is 2. The molecule has 116 valence electrons. The zero-order valence-corrected chi connectivity index (χ0v) is 14.4. The van der Waals surface area contributed by atoms with Crippen LogP contribution in [0.25, 0.3) is 10.1 Å². The van der Waals surface area contributed by atoms with Gasteiger partial charge in [0.05, 0.1) is 11.5 Å². The molecule has 1 atom stereocenters. The molecule has 2 N–H and O–H groups in total. The summed E-state index contributed by atoms with van der Waals surface area (Å²) in [7, 11) is -3.63. The van der Waals surface area contributed by atoms with E-state index in [9.17, 15) is 13.5 Å². The average Bonchev–Trinajstić information content (AvgIpc) is 2.85. The molecule has 0 aliphatic rings. The van der Waals surface area contributed by atoms with Crippen molar-refractivity contribution in [1.29, 1.82) is 0 Å². The summed E-state index contributed by atoms with van der Waals surface area (Å²) in [6, 6.07) is 7.24. The highest BCUT2D eigenvalue weighted by Gasteiger charge is 2.26. The molecular weight excluding hydrogens is 326 g/mol. The summed E-state index contributed by atoms with van der Waals surface area (Å²) in [5.74, 6) is 0.728. The summed E-state index contributed by atoms with van der Waals surface area (Å²) < 4.78 is 29.0. The molecule has 0 bridgehead atoms. The Morgan fingerprint density at radius 3 is 2.71 bits per heavy atom. The molecule has 1 aromatic heterocycles. The Kier molecular flexibility index (Phi) is 5.67. The van der Waals surface area contributed by atoms with Crippen molar-refractivity contribution in [3.05, 3.63) is 29.1 Å². The molecule has 21 heavy (non-hydrogen) atoms. The molecular formula is C14H19NO3S3. The molecule has 4 nitrogen and oxygen atoms in total. The summed E-state index contributed by atoms with van der Waals surface area (Å²) in [6.07, 6.45) is 2.69. The summed E-state index contributed by atoms with van der Waals surface area (Å²) in [6.45, 7) is 1.69. The van der Waals surface area contributed by atoms with E-state index in [-0.39, 0.29) is 17.5 Å². The Balaban J connectivity index is 2.48. The van der Waals surface area contributed by atoms with Crippen LogP contribution in [0.4, 0.5) is 0 Å². The van der Waals surface area contributed by atoms with E-state index in [4.69, 9.17) is 0 Å². The Labute approximate surface area is 133 Å². The van der Waals surface area contributed by atoms with Crippen molar-refractivity contribution in [3.8, 4) is 0 Å². The van der Waals surface area contributed by atoms with Crippen LogP contribution < -0.4 is 4.72 Å². The number of nitrogens with one attached hydrogen (secondary N) is 1. The maximum absolute atomic E-state index is 12.7. The van der Waals surface area contributed by atoms with Gasteiger partial charge >= 0.3 is 0 Å². The highest BCUT2D eigenvalue weighted by molar-refractivity contribution is 7.98. The topological polar surface area (TPSA) is 66.4 Å². The van der Waals surface area contributed by atoms with Gasteiger partial charge in [0.15, 0.2) is 0 Å². The fourth-order valence-electron chi connectivity index (χ4n) is 2.19. The van der Waals surface area contributed by atoms with Gasteiger partial charge in [-0.3, -0.25) is 0 Å². The SMILES string of the molecule is CCC(CSC)NS(=O)(=O)c1c(CO)sc2ccccc12. The monoisotopic (exact) mass is 345 g/mol. The van der Waals surface area contributed by atoms with Crippen molar-refractivity contribution in [2.45, 2.75) is 30.9 Å². The van der Waals surface area contributed by atoms with E-state index < -0.39 is 10.0 Å². The standard InChI is InChI=1S/C14H19NO3S3/c1-3-10(9-19-2)15-21(17,18)14-11-6-4-5-7-12(11)20-13(14)8-16/h4-7,10,15-16H,3,8-9H2,1-2H3. The first-order chi connectivity index (χ1) is 10.0. The number of rotatable bonds is 7. The fraction of sp³-hybridized carbons (Fsp3) is 0.429. The molecule has 0 saturated carbocycles. The summed E-state index contributed by atoms with van der Waals surface area (Å²) in [5, 5.41) is 10.2. The van der Waals surface area contributed by atoms with Crippen molar-refractivity contribution < 1.29 is 13.5 Å². The quantitative estimate of drug-likeness (QED) is 0.810. The minimum atomic E-state index is -3.63. The van der Waals surface area contributed by atoms with Crippen LogP contribution in [0.5, 0.6) is 0 Å². The van der Waals surface area contributed by atoms with Crippen LogP contribution >= 0.6 is 23.1 Å². The van der Waals surface area contributed by atoms with Gasteiger partial charge in [-0.05, 0) is 18.7 Å². The third kappa shape index (κ3) is 3.60. The normalized spacial score (nSPS) is 13.7. The zero-order chi connectivity index (χ0) is 15.5. The number of thiophene rings is 1. The maximum Gasteiger partial charge on any atom is 0.242 e. The van der Waals surface area contributed by atoms with E-state index in [1.807, 2.05) is 31.4 Å². The van der Waals surface area contributed by atoms with Gasteiger partial charge in [0.1, 0.15) is 4.90 Å². The predicted octanol–water partition coefficient (Wildman–Crippen LogP) is 2.81. The number of sulfonamides is 1. The van der Waals surface area contributed by atoms with Crippen LogP contribution in [-0.4, -0.2) is 31.6 Å². The lowest BCUT2D eigenvalue weighted by Gasteiger charge is -2.16. The molecule has 0 fully saturated rings. The Morgan fingerprint density at radius 2 is 2.10 bits per heavy atom. The van der Waals surface area contributed by atoms with Crippen molar-refractivity contribution in [2.24, 2.45) is 0 Å². The third-order valence-electron chi connectivity index (χ3n) is 3.21. The Hall–Kier alpha value is -0.600. The van der Waals surface area contributed by atoms with E-state index in [0.717, 1.165) is 16.9 Å². The second kappa shape index (κ2) is 7.11. The van der Waals surface area contributed by atoms with E-state index in [0.29, 0.717) is 10.3 Å². The molecule has 0 amide bonds. The molecule has 0 aliphatic carbocycles. The van der Waals surface area contributed by atoms with E-state index in [1.165, 1.54) is 11.3 Å². The van der Waals surface area contributed by atoms with Gasteiger partial charge < -0.3 is 5.11 Å². The first kappa shape index (κ1) is 16.8. The van der Waals surface area contributed by atoms with E-state index in [2.05, 4.69) is 4.72 Å². The zero-order valence-electron chi connectivity index (χ0n) is 12.0. The number of benzene rings is 1. The third-order valence-corrected chi connectivity index (χ3v) is 6.88. The summed E-state index contributed by atoms with van der Waals surface area (Å²) >= 11 is 2.94. The predicted molar refractivity (Wildman–Crippen MR) is 90.5 cm³/mol. The molecule has 1 unspecified atom stereocenters. The van der Waals surface area contributed by atoms with Crippen LogP contribution in [0.2, 0.25) is 0 Å². The van der Waals surface area contributed by atoms with E-state index in [1.54, 1.807) is 17.8 Å². The highest BCUT2D eigenvalue weighted by atomic mass is 32.2. The minimum Gasteiger partial charge on any atom is -0.391 e. The molecule has 0 radical (unpaired) electrons. The molecule has 1 heterocycles. The Morgan fingerprint density at radius 1 is 1.38 bits per heavy atom. The number of aliphatic hydroxyl groups excluding tert-OH is 1. The fourth-order valence-corrected chi connectivity index (χ4v) is 6.13. The van der Waals surface area contributed by atoms with Crippen molar-refractivity contribution >= 4 is 43.2 Å². The van der Waals surface area contributed by atoms with Crippen molar-refractivity contribution in [1.82, 2.24) is 4.72 Å². The number of thioether (sulfide) groups is 1. The minimum absolute atomic E-state index is 0.102. The molecule has 0 aliphatic heterocycles. The first-order valence-corrected chi connectivity index (χ1v) is 10.3. The van der Waals surface area contributed by atoms with Crippen molar-refractivity contribution in [2.75, 3.05) is 12.0 Å². The van der Waals surface area contributed by atoms with Crippen LogP contribution in [0.3, 0.4) is 0 Å². The average molecular weight is 346 g/mol. The number of fused-ring (bicyclic) bond motifs is 1. The van der Waals surface area contributed by atoms with Gasteiger partial charge in [0, 0.05) is 21.9 Å². The van der Waals surface area contributed by atoms with Crippen molar-refractivity contribution in [3.63, 3.8) is 0 Å². The van der Waals surface area contributed by atoms with Gasteiger partial charge in [0.2, 0.25) is 10.0 Å². The lowest BCUT2D eigenvalue weighted by Crippen LogP contribution is -2.36. The summed E-state index contributed by atoms with van der Waals surface area (Å²) in [5.41, 5.74) is 0. The van der Waals surface area contributed by atoms with Crippen LogP contribution in [0.15, 0.2) is 29.2 Å². The second-order valence-electron chi connectivity index (χ2n) is 4.69. The second-order valence-corrected chi connectivity index (χ2v) is 8.39. The van der Waals surface area contributed by atoms with Crippen LogP contribution in [0, 0.1) is 0 Å².